The Morgan fingerprint density at radius 3 is 2.73 bits per heavy atom. The van der Waals surface area contributed by atoms with Crippen LogP contribution in [0.5, 0.6) is 0 Å². The molecule has 0 bridgehead atoms. The number of benzene rings is 1. The lowest BCUT2D eigenvalue weighted by Gasteiger charge is -2.22. The van der Waals surface area contributed by atoms with Gasteiger partial charge in [-0.3, -0.25) is 0 Å². The smallest absolute Gasteiger partial charge is 0.00367 e. The first-order chi connectivity index (χ1) is 7.38. The molecule has 0 saturated heterocycles. The van der Waals surface area contributed by atoms with Gasteiger partial charge in [0.05, 0.1) is 0 Å². The Labute approximate surface area is 91.7 Å². The minimum absolute atomic E-state index is 0.779. The van der Waals surface area contributed by atoms with Gasteiger partial charge in [-0.2, -0.15) is 0 Å². The van der Waals surface area contributed by atoms with Crippen LogP contribution in [0.4, 0.5) is 0 Å². The summed E-state index contributed by atoms with van der Waals surface area (Å²) in [6, 6.07) is 4.83. The molecule has 0 spiro atoms. The summed E-state index contributed by atoms with van der Waals surface area (Å²) in [4.78, 5) is 0. The van der Waals surface area contributed by atoms with E-state index in [0.29, 0.717) is 0 Å². The van der Waals surface area contributed by atoms with Gasteiger partial charge in [0.2, 0.25) is 0 Å². The maximum Gasteiger partial charge on any atom is -0.00367 e. The van der Waals surface area contributed by atoms with E-state index in [1.54, 1.807) is 16.7 Å². The number of hydrogen-bond acceptors (Lipinski definition) is 1. The number of rotatable bonds is 2. The monoisotopic (exact) mass is 201 g/mol. The molecule has 1 nitrogen and oxygen atoms in total. The van der Waals surface area contributed by atoms with Crippen LogP contribution in [0.25, 0.3) is 0 Å². The third kappa shape index (κ3) is 1.50. The van der Waals surface area contributed by atoms with E-state index in [0.717, 1.165) is 18.9 Å². The minimum Gasteiger partial charge on any atom is -0.330 e. The number of hydrogen-bond donors (Lipinski definition) is 1. The molecule has 2 aliphatic rings. The first kappa shape index (κ1) is 9.41. The van der Waals surface area contributed by atoms with E-state index < -0.39 is 0 Å². The number of aryl methyl sites for hydroxylation is 2. The Morgan fingerprint density at radius 1 is 1.13 bits per heavy atom. The Morgan fingerprint density at radius 2 is 1.93 bits per heavy atom. The normalized spacial score (nSPS) is 22.9. The van der Waals surface area contributed by atoms with Crippen molar-refractivity contribution in [2.24, 2.45) is 5.73 Å². The fraction of sp³-hybridized carbons (Fsp3) is 0.571. The van der Waals surface area contributed by atoms with Crippen LogP contribution in [0.15, 0.2) is 12.1 Å². The summed E-state index contributed by atoms with van der Waals surface area (Å²) in [5.74, 6) is 0.899. The highest BCUT2D eigenvalue weighted by molar-refractivity contribution is 5.46. The Kier molecular flexibility index (Phi) is 2.28. The topological polar surface area (TPSA) is 26.0 Å². The fourth-order valence-electron chi connectivity index (χ4n) is 3.40. The predicted molar refractivity (Wildman–Crippen MR) is 63.2 cm³/mol. The molecule has 0 aliphatic heterocycles. The molecule has 80 valence electrons. The lowest BCUT2D eigenvalue weighted by Crippen LogP contribution is -2.09. The van der Waals surface area contributed by atoms with Gasteiger partial charge in [0.25, 0.3) is 0 Å². The van der Waals surface area contributed by atoms with Gasteiger partial charge in [0, 0.05) is 0 Å². The second-order valence-corrected chi connectivity index (χ2v) is 4.99. The Hall–Kier alpha value is -0.820. The molecule has 2 N–H and O–H groups in total. The average Bonchev–Trinajstić information content (AvgIpc) is 2.64. The van der Waals surface area contributed by atoms with Crippen molar-refractivity contribution in [2.75, 3.05) is 6.54 Å². The molecule has 0 aromatic heterocycles. The summed E-state index contributed by atoms with van der Waals surface area (Å²) >= 11 is 0. The predicted octanol–water partition coefficient (Wildman–Crippen LogP) is 2.55. The highest BCUT2D eigenvalue weighted by atomic mass is 14.5. The lowest BCUT2D eigenvalue weighted by atomic mass is 9.83. The summed E-state index contributed by atoms with van der Waals surface area (Å²) in [6.45, 7) is 0.779. The summed E-state index contributed by atoms with van der Waals surface area (Å²) < 4.78 is 0. The van der Waals surface area contributed by atoms with E-state index in [2.05, 4.69) is 12.1 Å². The van der Waals surface area contributed by atoms with Crippen LogP contribution in [0, 0.1) is 0 Å². The molecule has 0 fully saturated rings. The largest absolute Gasteiger partial charge is 0.330 e. The molecule has 15 heavy (non-hydrogen) atoms. The van der Waals surface area contributed by atoms with Gasteiger partial charge in [-0.05, 0) is 73.2 Å². The maximum absolute atomic E-state index is 5.64. The molecule has 1 aromatic carbocycles. The zero-order chi connectivity index (χ0) is 10.3. The van der Waals surface area contributed by atoms with Gasteiger partial charge < -0.3 is 5.73 Å². The second-order valence-electron chi connectivity index (χ2n) is 4.99. The highest BCUT2D eigenvalue weighted by Crippen LogP contribution is 2.42. The summed E-state index contributed by atoms with van der Waals surface area (Å²) in [5.41, 5.74) is 12.1. The van der Waals surface area contributed by atoms with Crippen molar-refractivity contribution >= 4 is 0 Å². The Bertz CT molecular complexity index is 381. The Balaban J connectivity index is 2.06. The highest BCUT2D eigenvalue weighted by Gasteiger charge is 2.28. The van der Waals surface area contributed by atoms with E-state index in [4.69, 9.17) is 5.73 Å². The fourth-order valence-corrected chi connectivity index (χ4v) is 3.40. The van der Waals surface area contributed by atoms with Crippen LogP contribution < -0.4 is 5.73 Å². The standard InChI is InChI=1S/C14H19N/c15-7-6-10-8-12-3-1-2-11-4-5-13(9-10)14(11)12/h8-9,11H,1-7,15H2. The number of nitrogens with two attached hydrogens (primary N) is 1. The van der Waals surface area contributed by atoms with Crippen LogP contribution in [0.3, 0.4) is 0 Å². The molecule has 0 heterocycles. The van der Waals surface area contributed by atoms with Crippen molar-refractivity contribution in [1.29, 1.82) is 0 Å². The van der Waals surface area contributed by atoms with Crippen molar-refractivity contribution in [3.05, 3.63) is 34.4 Å². The molecule has 2 aliphatic carbocycles. The van der Waals surface area contributed by atoms with E-state index in [9.17, 15) is 0 Å². The summed E-state index contributed by atoms with van der Waals surface area (Å²) in [7, 11) is 0. The van der Waals surface area contributed by atoms with Crippen molar-refractivity contribution < 1.29 is 0 Å². The van der Waals surface area contributed by atoms with Crippen molar-refractivity contribution in [3.63, 3.8) is 0 Å². The summed E-state index contributed by atoms with van der Waals surface area (Å²) in [5, 5.41) is 0. The van der Waals surface area contributed by atoms with Gasteiger partial charge in [-0.1, -0.05) is 12.1 Å². The van der Waals surface area contributed by atoms with E-state index >= 15 is 0 Å². The summed E-state index contributed by atoms with van der Waals surface area (Å²) in [6.07, 6.45) is 7.88. The molecule has 1 atom stereocenters. The lowest BCUT2D eigenvalue weighted by molar-refractivity contribution is 0.555. The van der Waals surface area contributed by atoms with Gasteiger partial charge in [0.1, 0.15) is 0 Å². The van der Waals surface area contributed by atoms with Gasteiger partial charge in [-0.25, -0.2) is 0 Å². The molecular weight excluding hydrogens is 182 g/mol. The average molecular weight is 201 g/mol. The zero-order valence-electron chi connectivity index (χ0n) is 9.26. The molecule has 3 rings (SSSR count). The first-order valence-corrected chi connectivity index (χ1v) is 6.23. The third-order valence-electron chi connectivity index (χ3n) is 4.01. The van der Waals surface area contributed by atoms with E-state index in [1.807, 2.05) is 0 Å². The second kappa shape index (κ2) is 3.64. The van der Waals surface area contributed by atoms with Gasteiger partial charge in [-0.15, -0.1) is 0 Å². The molecule has 0 amide bonds. The molecule has 0 radical (unpaired) electrons. The molecule has 0 saturated carbocycles. The van der Waals surface area contributed by atoms with Crippen molar-refractivity contribution in [2.45, 2.75) is 44.4 Å². The van der Waals surface area contributed by atoms with Crippen molar-refractivity contribution in [3.8, 4) is 0 Å². The molecular formula is C14H19N. The van der Waals surface area contributed by atoms with Crippen LogP contribution in [-0.4, -0.2) is 6.54 Å². The van der Waals surface area contributed by atoms with Gasteiger partial charge in [0.15, 0.2) is 0 Å². The quantitative estimate of drug-likeness (QED) is 0.782. The van der Waals surface area contributed by atoms with Crippen LogP contribution in [-0.2, 0) is 19.3 Å². The van der Waals surface area contributed by atoms with Crippen molar-refractivity contribution in [1.82, 2.24) is 0 Å². The maximum atomic E-state index is 5.64. The van der Waals surface area contributed by atoms with E-state index in [-0.39, 0.29) is 0 Å². The molecule has 1 unspecified atom stereocenters. The molecule has 1 heteroatoms. The molecule has 1 aromatic rings. The van der Waals surface area contributed by atoms with Crippen LogP contribution in [0.2, 0.25) is 0 Å². The first-order valence-electron chi connectivity index (χ1n) is 6.23. The zero-order valence-corrected chi connectivity index (χ0v) is 9.26. The SMILES string of the molecule is NCCc1cc2c3c(c1)CCC3CCC2. The van der Waals surface area contributed by atoms with Crippen LogP contribution >= 0.6 is 0 Å². The van der Waals surface area contributed by atoms with E-state index in [1.165, 1.54) is 37.7 Å². The third-order valence-corrected chi connectivity index (χ3v) is 4.01. The van der Waals surface area contributed by atoms with Crippen LogP contribution in [0.1, 0.15) is 47.4 Å². The van der Waals surface area contributed by atoms with Gasteiger partial charge >= 0.3 is 0 Å². The minimum atomic E-state index is 0.779.